The molecule has 0 saturated heterocycles. The van der Waals surface area contributed by atoms with Crippen molar-refractivity contribution >= 4 is 5.78 Å². The summed E-state index contributed by atoms with van der Waals surface area (Å²) in [5, 5.41) is 31.7. The van der Waals surface area contributed by atoms with Crippen molar-refractivity contribution in [3.8, 4) is 17.2 Å². The highest BCUT2D eigenvalue weighted by Crippen LogP contribution is 2.52. The fraction of sp³-hybridized carbons (Fsp3) is 0.650. The lowest BCUT2D eigenvalue weighted by atomic mass is 9.85. The van der Waals surface area contributed by atoms with Gasteiger partial charge < -0.3 is 24.8 Å². The summed E-state index contributed by atoms with van der Waals surface area (Å²) in [6.45, 7) is 10.3. The number of benzene rings is 1. The van der Waals surface area contributed by atoms with E-state index in [0.29, 0.717) is 16.9 Å². The SMILES string of the molecule is CC(C)C(=O)c1c(O)c2c(c3c1OC(C)(C)C(O)C3)OC(C(C)(C)O)C2. The Morgan fingerprint density at radius 1 is 1.19 bits per heavy atom. The van der Waals surface area contributed by atoms with E-state index >= 15 is 0 Å². The van der Waals surface area contributed by atoms with Crippen LogP contribution in [0, 0.1) is 5.92 Å². The van der Waals surface area contributed by atoms with Gasteiger partial charge in [0, 0.05) is 29.9 Å². The minimum atomic E-state index is -1.12. The summed E-state index contributed by atoms with van der Waals surface area (Å²) < 4.78 is 11.9. The van der Waals surface area contributed by atoms with E-state index in [1.165, 1.54) is 0 Å². The second-order valence-electron chi connectivity index (χ2n) is 8.75. The second-order valence-corrected chi connectivity index (χ2v) is 8.75. The van der Waals surface area contributed by atoms with Crippen molar-refractivity contribution in [2.45, 2.75) is 77.8 Å². The summed E-state index contributed by atoms with van der Waals surface area (Å²) in [6.07, 6.45) is -0.794. The highest BCUT2D eigenvalue weighted by atomic mass is 16.5. The van der Waals surface area contributed by atoms with Crippen LogP contribution < -0.4 is 9.47 Å². The minimum absolute atomic E-state index is 0.142. The maximum atomic E-state index is 12.8. The number of Topliss-reactive ketones (excluding diaryl/α,β-unsaturated/α-hetero) is 1. The Balaban J connectivity index is 2.24. The molecule has 0 spiro atoms. The van der Waals surface area contributed by atoms with Gasteiger partial charge in [-0.25, -0.2) is 0 Å². The van der Waals surface area contributed by atoms with Crippen LogP contribution in [0.5, 0.6) is 17.2 Å². The number of rotatable bonds is 3. The fourth-order valence-electron chi connectivity index (χ4n) is 3.48. The Bertz CT molecular complexity index is 757. The third-order valence-electron chi connectivity index (χ3n) is 5.35. The molecule has 2 unspecified atom stereocenters. The summed E-state index contributed by atoms with van der Waals surface area (Å²) in [5.74, 6) is 0.0111. The van der Waals surface area contributed by atoms with Crippen LogP contribution in [0.15, 0.2) is 0 Å². The van der Waals surface area contributed by atoms with E-state index in [1.807, 2.05) is 0 Å². The highest BCUT2D eigenvalue weighted by molar-refractivity contribution is 6.04. The topological polar surface area (TPSA) is 96.2 Å². The lowest BCUT2D eigenvalue weighted by molar-refractivity contribution is -0.0447. The minimum Gasteiger partial charge on any atom is -0.507 e. The van der Waals surface area contributed by atoms with E-state index in [0.717, 1.165) is 0 Å². The molecule has 6 heteroatoms. The lowest BCUT2D eigenvalue weighted by Gasteiger charge is -2.38. The van der Waals surface area contributed by atoms with Gasteiger partial charge in [0.2, 0.25) is 0 Å². The van der Waals surface area contributed by atoms with Gasteiger partial charge in [-0.05, 0) is 27.7 Å². The van der Waals surface area contributed by atoms with E-state index in [4.69, 9.17) is 9.47 Å². The Kier molecular flexibility index (Phi) is 4.28. The molecule has 6 nitrogen and oxygen atoms in total. The second kappa shape index (κ2) is 5.86. The number of carbonyl (C=O) groups excluding carboxylic acids is 1. The normalized spacial score (nSPS) is 23.9. The molecule has 2 atom stereocenters. The molecule has 2 heterocycles. The summed E-state index contributed by atoms with van der Waals surface area (Å²) in [5.41, 5.74) is -0.786. The van der Waals surface area contributed by atoms with Gasteiger partial charge in [0.25, 0.3) is 0 Å². The Labute approximate surface area is 153 Å². The predicted octanol–water partition coefficient (Wildman–Crippen LogP) is 2.38. The third-order valence-corrected chi connectivity index (χ3v) is 5.35. The van der Waals surface area contributed by atoms with Gasteiger partial charge in [0.05, 0.1) is 11.7 Å². The molecule has 0 saturated carbocycles. The molecule has 3 N–H and O–H groups in total. The number of carbonyl (C=O) groups is 1. The van der Waals surface area contributed by atoms with Crippen molar-refractivity contribution in [1.29, 1.82) is 0 Å². The smallest absolute Gasteiger partial charge is 0.172 e. The largest absolute Gasteiger partial charge is 0.507 e. The maximum absolute atomic E-state index is 12.8. The van der Waals surface area contributed by atoms with Crippen LogP contribution in [0.25, 0.3) is 0 Å². The molecule has 1 aromatic carbocycles. The summed E-state index contributed by atoms with van der Waals surface area (Å²) in [4.78, 5) is 12.8. The van der Waals surface area contributed by atoms with E-state index in [1.54, 1.807) is 41.5 Å². The third kappa shape index (κ3) is 2.85. The number of aromatic hydroxyl groups is 1. The van der Waals surface area contributed by atoms with Crippen LogP contribution >= 0.6 is 0 Å². The van der Waals surface area contributed by atoms with Crippen LogP contribution in [0.1, 0.15) is 63.0 Å². The Morgan fingerprint density at radius 2 is 1.81 bits per heavy atom. The highest BCUT2D eigenvalue weighted by Gasteiger charge is 2.46. The number of aliphatic hydroxyl groups excluding tert-OH is 1. The van der Waals surface area contributed by atoms with Crippen LogP contribution in [0.2, 0.25) is 0 Å². The zero-order valence-corrected chi connectivity index (χ0v) is 16.2. The Hall–Kier alpha value is -1.79. The van der Waals surface area contributed by atoms with Crippen molar-refractivity contribution in [2.75, 3.05) is 0 Å². The van der Waals surface area contributed by atoms with Gasteiger partial charge >= 0.3 is 0 Å². The lowest BCUT2D eigenvalue weighted by Crippen LogP contribution is -2.47. The van der Waals surface area contributed by atoms with Gasteiger partial charge in [0.1, 0.15) is 34.5 Å². The number of aliphatic hydroxyl groups is 2. The molecule has 0 fully saturated rings. The number of phenols is 1. The molecular weight excluding hydrogens is 336 g/mol. The number of ketones is 1. The van der Waals surface area contributed by atoms with Crippen molar-refractivity contribution in [2.24, 2.45) is 5.92 Å². The van der Waals surface area contributed by atoms with Gasteiger partial charge in [0.15, 0.2) is 5.78 Å². The molecule has 0 amide bonds. The maximum Gasteiger partial charge on any atom is 0.172 e. The molecule has 26 heavy (non-hydrogen) atoms. The van der Waals surface area contributed by atoms with Gasteiger partial charge in [-0.15, -0.1) is 0 Å². The standard InChI is InChI=1S/C20H28O6/c1-9(2)15(22)14-16(23)10-8-13(19(3,4)24)25-17(10)11-7-12(21)20(5,6)26-18(11)14/h9,12-13,21,23-24H,7-8H2,1-6H3. The Morgan fingerprint density at radius 3 is 2.35 bits per heavy atom. The first-order valence-corrected chi connectivity index (χ1v) is 9.05. The van der Waals surface area contributed by atoms with Crippen molar-refractivity contribution in [3.05, 3.63) is 16.7 Å². The van der Waals surface area contributed by atoms with Crippen LogP contribution in [-0.2, 0) is 12.8 Å². The molecule has 2 aliphatic rings. The molecule has 0 radical (unpaired) electrons. The van der Waals surface area contributed by atoms with Gasteiger partial charge in [-0.2, -0.15) is 0 Å². The van der Waals surface area contributed by atoms with Gasteiger partial charge in [-0.3, -0.25) is 4.79 Å². The number of ether oxygens (including phenoxy) is 2. The van der Waals surface area contributed by atoms with E-state index in [2.05, 4.69) is 0 Å². The number of hydrogen-bond acceptors (Lipinski definition) is 6. The summed E-state index contributed by atoms with van der Waals surface area (Å²) in [6, 6.07) is 0. The first-order chi connectivity index (χ1) is 11.8. The van der Waals surface area contributed by atoms with Crippen molar-refractivity contribution < 1.29 is 29.6 Å². The zero-order valence-electron chi connectivity index (χ0n) is 16.2. The fourth-order valence-corrected chi connectivity index (χ4v) is 3.48. The van der Waals surface area contributed by atoms with Gasteiger partial charge in [-0.1, -0.05) is 13.8 Å². The summed E-state index contributed by atoms with van der Waals surface area (Å²) in [7, 11) is 0. The predicted molar refractivity (Wildman–Crippen MR) is 96.1 cm³/mol. The number of phenolic OH excluding ortho intramolecular Hbond substituents is 1. The van der Waals surface area contributed by atoms with E-state index < -0.39 is 23.4 Å². The van der Waals surface area contributed by atoms with Crippen molar-refractivity contribution in [1.82, 2.24) is 0 Å². The molecule has 144 valence electrons. The monoisotopic (exact) mass is 364 g/mol. The molecule has 3 rings (SSSR count). The average molecular weight is 364 g/mol. The number of fused-ring (bicyclic) bond motifs is 3. The van der Waals surface area contributed by atoms with E-state index in [9.17, 15) is 20.1 Å². The molecule has 0 bridgehead atoms. The first kappa shape index (κ1) is 19.0. The zero-order chi connectivity index (χ0) is 19.6. The molecular formula is C20H28O6. The van der Waals surface area contributed by atoms with Crippen LogP contribution in [0.4, 0.5) is 0 Å². The van der Waals surface area contributed by atoms with Crippen LogP contribution in [0.3, 0.4) is 0 Å². The van der Waals surface area contributed by atoms with Crippen LogP contribution in [-0.4, -0.2) is 44.5 Å². The summed E-state index contributed by atoms with van der Waals surface area (Å²) >= 11 is 0. The molecule has 0 aliphatic carbocycles. The molecule has 2 aliphatic heterocycles. The van der Waals surface area contributed by atoms with E-state index in [-0.39, 0.29) is 41.6 Å². The molecule has 0 aromatic heterocycles. The van der Waals surface area contributed by atoms with Crippen molar-refractivity contribution in [3.63, 3.8) is 0 Å². The average Bonchev–Trinajstić information content (AvgIpc) is 2.95. The first-order valence-electron chi connectivity index (χ1n) is 9.05. The quantitative estimate of drug-likeness (QED) is 0.713. The molecule has 1 aromatic rings. The number of hydrogen-bond donors (Lipinski definition) is 3.